The van der Waals surface area contributed by atoms with Crippen LogP contribution in [0.3, 0.4) is 0 Å². The van der Waals surface area contributed by atoms with Crippen molar-refractivity contribution in [3.63, 3.8) is 0 Å². The zero-order chi connectivity index (χ0) is 22.4. The highest BCUT2D eigenvalue weighted by atomic mass is 32.2. The summed E-state index contributed by atoms with van der Waals surface area (Å²) < 4.78 is 26.3. The Balaban J connectivity index is 2.18. The molecule has 1 unspecified atom stereocenters. The minimum Gasteiger partial charge on any atom is -0.511 e. The van der Waals surface area contributed by atoms with Crippen LogP contribution in [0.25, 0.3) is 0 Å². The molecule has 0 radical (unpaired) electrons. The topological polar surface area (TPSA) is 104 Å². The van der Waals surface area contributed by atoms with E-state index in [1.54, 1.807) is 27.9 Å². The van der Waals surface area contributed by atoms with E-state index in [0.29, 0.717) is 12.0 Å². The number of sulfonamides is 1. The SMILES string of the molecule is CCC(=O)C1=C(O)CC(c2c(C)c3c(c(S(=O)(=O)NN(C)C)c2C)CCC3)CC1=O. The van der Waals surface area contributed by atoms with E-state index in [9.17, 15) is 23.1 Å². The first-order valence-corrected chi connectivity index (χ1v) is 11.8. The second-order valence-electron chi connectivity index (χ2n) is 8.42. The average Bonchev–Trinajstić information content (AvgIpc) is 3.09. The lowest BCUT2D eigenvalue weighted by atomic mass is 9.77. The summed E-state index contributed by atoms with van der Waals surface area (Å²) in [5, 5.41) is 11.9. The number of nitrogens with one attached hydrogen (secondary N) is 1. The number of Topliss-reactive ketones (excluding diaryl/α,β-unsaturated/α-hetero) is 2. The molecule has 3 rings (SSSR count). The van der Waals surface area contributed by atoms with Crippen LogP contribution in [-0.4, -0.2) is 44.2 Å². The first-order chi connectivity index (χ1) is 14.0. The van der Waals surface area contributed by atoms with E-state index < -0.39 is 10.0 Å². The van der Waals surface area contributed by atoms with Crippen LogP contribution in [0.15, 0.2) is 16.2 Å². The monoisotopic (exact) mass is 434 g/mol. The zero-order valence-electron chi connectivity index (χ0n) is 18.3. The highest BCUT2D eigenvalue weighted by Gasteiger charge is 2.37. The first kappa shape index (κ1) is 22.7. The molecule has 0 aromatic heterocycles. The van der Waals surface area contributed by atoms with Gasteiger partial charge in [-0.2, -0.15) is 0 Å². The normalized spacial score (nSPS) is 19.5. The predicted molar refractivity (Wildman–Crippen MR) is 114 cm³/mol. The standard InChI is InChI=1S/C22H30N2O5S/c1-6-17(25)21-18(26)10-14(11-19(21)27)20-12(2)15-8-7-9-16(15)22(13(20)3)30(28,29)23-24(4)5/h14,23,26H,6-11H2,1-5H3. The lowest BCUT2D eigenvalue weighted by molar-refractivity contribution is -0.122. The summed E-state index contributed by atoms with van der Waals surface area (Å²) in [6.45, 7) is 5.41. The van der Waals surface area contributed by atoms with Crippen LogP contribution in [0, 0.1) is 13.8 Å². The second kappa shape index (κ2) is 8.24. The Kier molecular flexibility index (Phi) is 6.23. The molecule has 2 N–H and O–H groups in total. The van der Waals surface area contributed by atoms with Gasteiger partial charge in [0.2, 0.25) is 0 Å². The summed E-state index contributed by atoms with van der Waals surface area (Å²) in [6.07, 6.45) is 2.78. The molecule has 0 fully saturated rings. The van der Waals surface area contributed by atoms with E-state index in [1.165, 1.54) is 5.01 Å². The number of hydrogen-bond acceptors (Lipinski definition) is 6. The van der Waals surface area contributed by atoms with E-state index in [-0.39, 0.29) is 53.0 Å². The summed E-state index contributed by atoms with van der Waals surface area (Å²) in [6, 6.07) is 0. The third kappa shape index (κ3) is 3.84. The van der Waals surface area contributed by atoms with Crippen molar-refractivity contribution in [2.24, 2.45) is 0 Å². The Hall–Kier alpha value is -2.03. The van der Waals surface area contributed by atoms with E-state index in [1.807, 2.05) is 6.92 Å². The van der Waals surface area contributed by atoms with E-state index >= 15 is 0 Å². The Morgan fingerprint density at radius 1 is 1.13 bits per heavy atom. The van der Waals surface area contributed by atoms with Gasteiger partial charge < -0.3 is 5.11 Å². The number of rotatable bonds is 6. The van der Waals surface area contributed by atoms with E-state index in [4.69, 9.17) is 0 Å². The lowest BCUT2D eigenvalue weighted by Crippen LogP contribution is -2.37. The minimum absolute atomic E-state index is 0.0895. The van der Waals surface area contributed by atoms with Gasteiger partial charge >= 0.3 is 0 Å². The third-order valence-electron chi connectivity index (χ3n) is 6.11. The summed E-state index contributed by atoms with van der Waals surface area (Å²) >= 11 is 0. The fourth-order valence-corrected chi connectivity index (χ4v) is 6.69. The van der Waals surface area contributed by atoms with Crippen LogP contribution >= 0.6 is 0 Å². The molecule has 2 aliphatic carbocycles. The van der Waals surface area contributed by atoms with Gasteiger partial charge in [-0.15, -0.1) is 4.83 Å². The highest BCUT2D eigenvalue weighted by Crippen LogP contribution is 2.43. The Morgan fingerprint density at radius 3 is 2.33 bits per heavy atom. The maximum atomic E-state index is 13.2. The van der Waals surface area contributed by atoms with Crippen LogP contribution in [-0.2, 0) is 32.5 Å². The number of aliphatic hydroxyl groups is 1. The molecule has 2 aliphatic rings. The summed E-state index contributed by atoms with van der Waals surface area (Å²) in [5.74, 6) is -1.26. The average molecular weight is 435 g/mol. The third-order valence-corrected chi connectivity index (χ3v) is 7.81. The molecule has 8 heteroatoms. The lowest BCUT2D eigenvalue weighted by Gasteiger charge is -2.29. The summed E-state index contributed by atoms with van der Waals surface area (Å²) in [4.78, 5) is 27.6. The van der Waals surface area contributed by atoms with Gasteiger partial charge in [0.05, 0.1) is 10.5 Å². The van der Waals surface area contributed by atoms with Crippen molar-refractivity contribution in [2.45, 2.75) is 70.1 Å². The molecule has 0 saturated heterocycles. The van der Waals surface area contributed by atoms with Crippen molar-refractivity contribution in [1.82, 2.24) is 9.84 Å². The number of ketones is 2. The fourth-order valence-electron chi connectivity index (χ4n) is 5.05. The molecule has 0 amide bonds. The molecule has 1 aromatic rings. The molecule has 0 spiro atoms. The summed E-state index contributed by atoms with van der Waals surface area (Å²) in [5.41, 5.74) is 4.22. The molecule has 30 heavy (non-hydrogen) atoms. The van der Waals surface area contributed by atoms with Gasteiger partial charge in [-0.1, -0.05) is 6.92 Å². The van der Waals surface area contributed by atoms with Crippen molar-refractivity contribution in [2.75, 3.05) is 14.1 Å². The maximum Gasteiger partial charge on any atom is 0.253 e. The number of carbonyl (C=O) groups is 2. The van der Waals surface area contributed by atoms with Gasteiger partial charge in [0, 0.05) is 33.4 Å². The number of aliphatic hydroxyl groups excluding tert-OH is 1. The zero-order valence-corrected chi connectivity index (χ0v) is 19.1. The quantitative estimate of drug-likeness (QED) is 0.527. The number of allylic oxidation sites excluding steroid dienone is 2. The van der Waals surface area contributed by atoms with Gasteiger partial charge in [0.15, 0.2) is 11.6 Å². The molecular weight excluding hydrogens is 404 g/mol. The van der Waals surface area contributed by atoms with Crippen LogP contribution in [0.4, 0.5) is 0 Å². The molecular formula is C22H30N2O5S. The number of carbonyl (C=O) groups excluding carboxylic acids is 2. The van der Waals surface area contributed by atoms with Gasteiger partial charge in [0.1, 0.15) is 5.76 Å². The van der Waals surface area contributed by atoms with Crippen LogP contribution in [0.2, 0.25) is 0 Å². The second-order valence-corrected chi connectivity index (χ2v) is 10.0. The smallest absolute Gasteiger partial charge is 0.253 e. The largest absolute Gasteiger partial charge is 0.511 e. The minimum atomic E-state index is -3.79. The molecule has 1 atom stereocenters. The number of benzene rings is 1. The highest BCUT2D eigenvalue weighted by molar-refractivity contribution is 7.89. The van der Waals surface area contributed by atoms with Gasteiger partial charge in [-0.3, -0.25) is 9.59 Å². The Bertz CT molecular complexity index is 1050. The number of nitrogens with zero attached hydrogens (tertiary/aromatic N) is 1. The maximum absolute atomic E-state index is 13.2. The fraction of sp³-hybridized carbons (Fsp3) is 0.545. The number of hydrazine groups is 1. The van der Waals surface area contributed by atoms with Crippen molar-refractivity contribution >= 4 is 21.6 Å². The van der Waals surface area contributed by atoms with Crippen LogP contribution < -0.4 is 4.83 Å². The Morgan fingerprint density at radius 2 is 1.77 bits per heavy atom. The van der Waals surface area contributed by atoms with Gasteiger partial charge in [-0.05, 0) is 66.8 Å². The molecule has 1 aromatic carbocycles. The van der Waals surface area contributed by atoms with Crippen LogP contribution in [0.1, 0.15) is 66.3 Å². The van der Waals surface area contributed by atoms with Crippen molar-refractivity contribution in [3.05, 3.63) is 39.1 Å². The molecule has 164 valence electrons. The predicted octanol–water partition coefficient (Wildman–Crippen LogP) is 2.78. The molecule has 0 bridgehead atoms. The van der Waals surface area contributed by atoms with E-state index in [0.717, 1.165) is 35.1 Å². The molecule has 0 saturated carbocycles. The summed E-state index contributed by atoms with van der Waals surface area (Å²) in [7, 11) is -0.542. The van der Waals surface area contributed by atoms with Crippen molar-refractivity contribution in [3.8, 4) is 0 Å². The molecule has 0 aliphatic heterocycles. The van der Waals surface area contributed by atoms with E-state index in [2.05, 4.69) is 4.83 Å². The number of hydrogen-bond donors (Lipinski definition) is 2. The van der Waals surface area contributed by atoms with Gasteiger partial charge in [0.25, 0.3) is 10.0 Å². The van der Waals surface area contributed by atoms with Crippen molar-refractivity contribution < 1.29 is 23.1 Å². The molecule has 7 nitrogen and oxygen atoms in total. The van der Waals surface area contributed by atoms with Gasteiger partial charge in [-0.25, -0.2) is 13.4 Å². The van der Waals surface area contributed by atoms with Crippen LogP contribution in [0.5, 0.6) is 0 Å². The number of fused-ring (bicyclic) bond motifs is 1. The first-order valence-electron chi connectivity index (χ1n) is 10.3. The van der Waals surface area contributed by atoms with Crippen molar-refractivity contribution in [1.29, 1.82) is 0 Å². The Labute approximate surface area is 178 Å². The molecule has 0 heterocycles.